The van der Waals surface area contributed by atoms with Gasteiger partial charge in [-0.2, -0.15) is 16.8 Å². The fourth-order valence-electron chi connectivity index (χ4n) is 6.67. The average Bonchev–Trinajstić information content (AvgIpc) is 3.24. The first-order valence-electron chi connectivity index (χ1n) is 18.9. The van der Waals surface area contributed by atoms with E-state index in [0.717, 1.165) is 16.7 Å². The van der Waals surface area contributed by atoms with Gasteiger partial charge < -0.3 is 19.8 Å². The summed E-state index contributed by atoms with van der Waals surface area (Å²) in [7, 11) is -8.61. The standard InChI is InChI=1S/C43H45N3O11S2/c1-4-36-37(57-39(48)33-13-9-6-10-14-33)38(47)45-40(44-36)43(46-41(49)54-27-32-11-7-5-8-12-32)25-23-42(24-26-43,28-55-58(50,51)34-19-15-30(2)16-20-34)29-56-59(52,53)35-21-17-31(3)18-22-35/h5-22H,4,23-29H2,1-3H3,(H,46,49)(H,44,45,47). The number of esters is 1. The van der Waals surface area contributed by atoms with Crippen molar-refractivity contribution in [3.8, 4) is 5.75 Å². The molecule has 59 heavy (non-hydrogen) atoms. The van der Waals surface area contributed by atoms with Crippen LogP contribution in [-0.2, 0) is 51.9 Å². The molecule has 1 amide bonds. The Labute approximate surface area is 343 Å². The van der Waals surface area contributed by atoms with Crippen LogP contribution in [0.4, 0.5) is 4.79 Å². The Bertz CT molecular complexity index is 2460. The van der Waals surface area contributed by atoms with Gasteiger partial charge in [-0.1, -0.05) is 90.8 Å². The predicted molar refractivity (Wildman–Crippen MR) is 217 cm³/mol. The molecule has 0 radical (unpaired) electrons. The molecule has 1 fully saturated rings. The number of hydrogen-bond donors (Lipinski definition) is 2. The van der Waals surface area contributed by atoms with Gasteiger partial charge in [0.2, 0.25) is 5.75 Å². The minimum Gasteiger partial charge on any atom is -0.445 e. The Morgan fingerprint density at radius 3 is 1.75 bits per heavy atom. The van der Waals surface area contributed by atoms with Gasteiger partial charge in [-0.25, -0.2) is 14.6 Å². The number of carbonyl (C=O) groups is 2. The van der Waals surface area contributed by atoms with Crippen molar-refractivity contribution < 1.29 is 44.3 Å². The molecule has 310 valence electrons. The summed E-state index contributed by atoms with van der Waals surface area (Å²) < 4.78 is 76.1. The van der Waals surface area contributed by atoms with E-state index in [1.165, 1.54) is 24.3 Å². The van der Waals surface area contributed by atoms with Crippen molar-refractivity contribution in [1.82, 2.24) is 15.3 Å². The molecule has 16 heteroatoms. The van der Waals surface area contributed by atoms with Gasteiger partial charge in [0.15, 0.2) is 0 Å². The Morgan fingerprint density at radius 2 is 1.24 bits per heavy atom. The van der Waals surface area contributed by atoms with Gasteiger partial charge in [0.25, 0.3) is 25.8 Å². The molecule has 0 saturated heterocycles. The highest BCUT2D eigenvalue weighted by Crippen LogP contribution is 2.46. The summed E-state index contributed by atoms with van der Waals surface area (Å²) in [6.07, 6.45) is -0.640. The molecule has 4 aromatic carbocycles. The normalized spacial score (nSPS) is 14.9. The van der Waals surface area contributed by atoms with E-state index in [9.17, 15) is 31.2 Å². The highest BCUT2D eigenvalue weighted by Gasteiger charge is 2.48. The molecule has 2 N–H and O–H groups in total. The molecule has 1 aromatic heterocycles. The van der Waals surface area contributed by atoms with Crippen LogP contribution in [-0.4, -0.2) is 52.1 Å². The van der Waals surface area contributed by atoms with Crippen LogP contribution in [0, 0.1) is 19.3 Å². The van der Waals surface area contributed by atoms with Crippen LogP contribution in [0.5, 0.6) is 5.75 Å². The lowest BCUT2D eigenvalue weighted by Gasteiger charge is -2.45. The van der Waals surface area contributed by atoms with Crippen LogP contribution in [0.2, 0.25) is 0 Å². The van der Waals surface area contributed by atoms with Crippen molar-refractivity contribution in [2.24, 2.45) is 5.41 Å². The highest BCUT2D eigenvalue weighted by molar-refractivity contribution is 7.87. The number of benzene rings is 4. The maximum atomic E-state index is 13.7. The largest absolute Gasteiger partial charge is 0.445 e. The number of nitrogens with one attached hydrogen (secondary N) is 2. The third kappa shape index (κ3) is 10.5. The maximum absolute atomic E-state index is 13.7. The van der Waals surface area contributed by atoms with E-state index < -0.39 is 62.0 Å². The molecule has 0 atom stereocenters. The first-order chi connectivity index (χ1) is 28.1. The summed E-state index contributed by atoms with van der Waals surface area (Å²) in [5.41, 5.74) is -0.679. The fourth-order valence-corrected chi connectivity index (χ4v) is 8.69. The molecule has 1 heterocycles. The number of amides is 1. The molecule has 6 rings (SSSR count). The lowest BCUT2D eigenvalue weighted by molar-refractivity contribution is 0.0145. The number of aromatic nitrogens is 2. The number of aryl methyl sites for hydroxylation is 3. The Hall–Kier alpha value is -5.68. The number of ether oxygens (including phenoxy) is 2. The molecule has 0 unspecified atom stereocenters. The summed E-state index contributed by atoms with van der Waals surface area (Å²) in [5, 5.41) is 2.91. The molecule has 1 aliphatic carbocycles. The minimum atomic E-state index is -4.30. The molecule has 0 spiro atoms. The second kappa shape index (κ2) is 18.1. The number of carbonyl (C=O) groups excluding carboxylic acids is 2. The van der Waals surface area contributed by atoms with E-state index in [4.69, 9.17) is 22.8 Å². The summed E-state index contributed by atoms with van der Waals surface area (Å²) in [6, 6.07) is 29.3. The lowest BCUT2D eigenvalue weighted by Crippen LogP contribution is -2.53. The van der Waals surface area contributed by atoms with E-state index in [-0.39, 0.29) is 71.3 Å². The van der Waals surface area contributed by atoms with Crippen LogP contribution in [0.1, 0.15) is 71.2 Å². The monoisotopic (exact) mass is 843 g/mol. The van der Waals surface area contributed by atoms with Crippen LogP contribution in [0.25, 0.3) is 0 Å². The van der Waals surface area contributed by atoms with E-state index in [1.54, 1.807) is 85.8 Å². The third-order valence-corrected chi connectivity index (χ3v) is 12.9. The molecular formula is C43H45N3O11S2. The van der Waals surface area contributed by atoms with Crippen LogP contribution in [0.15, 0.2) is 124 Å². The molecule has 0 aliphatic heterocycles. The molecule has 1 aliphatic rings. The zero-order valence-electron chi connectivity index (χ0n) is 32.8. The molecule has 5 aromatic rings. The van der Waals surface area contributed by atoms with Crippen molar-refractivity contribution in [2.75, 3.05) is 13.2 Å². The first-order valence-corrected chi connectivity index (χ1v) is 21.8. The fraction of sp³-hybridized carbons (Fsp3) is 0.302. The lowest BCUT2D eigenvalue weighted by atomic mass is 9.67. The van der Waals surface area contributed by atoms with Crippen molar-refractivity contribution in [3.63, 3.8) is 0 Å². The van der Waals surface area contributed by atoms with Crippen molar-refractivity contribution in [1.29, 1.82) is 0 Å². The van der Waals surface area contributed by atoms with E-state index >= 15 is 0 Å². The van der Waals surface area contributed by atoms with Gasteiger partial charge in [0.05, 0.1) is 34.3 Å². The van der Waals surface area contributed by atoms with Gasteiger partial charge in [-0.3, -0.25) is 13.2 Å². The van der Waals surface area contributed by atoms with Gasteiger partial charge in [0.1, 0.15) is 18.0 Å². The average molecular weight is 844 g/mol. The van der Waals surface area contributed by atoms with Crippen LogP contribution >= 0.6 is 0 Å². The van der Waals surface area contributed by atoms with Gasteiger partial charge in [0, 0.05) is 5.41 Å². The Balaban J connectivity index is 1.33. The zero-order chi connectivity index (χ0) is 42.3. The molecule has 1 saturated carbocycles. The smallest absolute Gasteiger partial charge is 0.408 e. The molecule has 14 nitrogen and oxygen atoms in total. The molecular weight excluding hydrogens is 799 g/mol. The first kappa shape index (κ1) is 42.9. The minimum absolute atomic E-state index is 0.00937. The van der Waals surface area contributed by atoms with E-state index in [2.05, 4.69) is 10.3 Å². The van der Waals surface area contributed by atoms with E-state index in [1.807, 2.05) is 19.9 Å². The Kier molecular flexibility index (Phi) is 13.1. The number of aromatic amines is 1. The van der Waals surface area contributed by atoms with Gasteiger partial charge in [-0.05, 0) is 87.9 Å². The zero-order valence-corrected chi connectivity index (χ0v) is 34.4. The second-order valence-corrected chi connectivity index (χ2v) is 17.9. The highest BCUT2D eigenvalue weighted by atomic mass is 32.2. The third-order valence-electron chi connectivity index (χ3n) is 10.3. The number of alkyl carbamates (subject to hydrolysis) is 1. The topological polar surface area (TPSA) is 197 Å². The van der Waals surface area contributed by atoms with Gasteiger partial charge >= 0.3 is 12.1 Å². The van der Waals surface area contributed by atoms with E-state index in [0.29, 0.717) is 0 Å². The molecule has 0 bridgehead atoms. The second-order valence-electron chi connectivity index (χ2n) is 14.6. The van der Waals surface area contributed by atoms with Crippen LogP contribution < -0.4 is 15.6 Å². The SMILES string of the molecule is CCc1nc(C2(NC(=O)OCc3ccccc3)CCC(COS(=O)(=O)c3ccc(C)cc3)(COS(=O)(=O)c3ccc(C)cc3)CC2)[nH]c(=O)c1OC(=O)c1ccccc1. The summed E-state index contributed by atoms with van der Waals surface area (Å²) in [4.78, 5) is 47.6. The number of H-pyrrole nitrogens is 1. The summed E-state index contributed by atoms with van der Waals surface area (Å²) >= 11 is 0. The summed E-state index contributed by atoms with van der Waals surface area (Å²) in [5.74, 6) is -1.03. The van der Waals surface area contributed by atoms with Gasteiger partial charge in [-0.15, -0.1) is 0 Å². The Morgan fingerprint density at radius 1 is 0.729 bits per heavy atom. The maximum Gasteiger partial charge on any atom is 0.408 e. The van der Waals surface area contributed by atoms with Crippen molar-refractivity contribution in [3.05, 3.63) is 153 Å². The van der Waals surface area contributed by atoms with Crippen molar-refractivity contribution >= 4 is 32.3 Å². The number of nitrogens with zero attached hydrogens (tertiary/aromatic N) is 1. The quantitative estimate of drug-likeness (QED) is 0.0841. The van der Waals surface area contributed by atoms with Crippen LogP contribution in [0.3, 0.4) is 0 Å². The predicted octanol–water partition coefficient (Wildman–Crippen LogP) is 6.66. The number of hydrogen-bond acceptors (Lipinski definition) is 12. The summed E-state index contributed by atoms with van der Waals surface area (Å²) in [6.45, 7) is 4.34. The van der Waals surface area contributed by atoms with Crippen molar-refractivity contribution in [2.45, 2.75) is 74.8 Å². The number of rotatable bonds is 15.